The number of piperidine rings is 1. The van der Waals surface area contributed by atoms with Gasteiger partial charge in [0.25, 0.3) is 0 Å². The number of likely N-dealkylation sites (N-methyl/N-ethyl adjacent to an activating group) is 1. The summed E-state index contributed by atoms with van der Waals surface area (Å²) >= 11 is 0. The highest BCUT2D eigenvalue weighted by atomic mass is 15.3. The lowest BCUT2D eigenvalue weighted by Crippen LogP contribution is -2.52. The molecular weight excluding hydrogens is 532 g/mol. The van der Waals surface area contributed by atoms with Crippen molar-refractivity contribution in [2.24, 2.45) is 0 Å². The van der Waals surface area contributed by atoms with E-state index >= 15 is 0 Å². The second kappa shape index (κ2) is 11.2. The van der Waals surface area contributed by atoms with Crippen LogP contribution in [0.2, 0.25) is 0 Å². The van der Waals surface area contributed by atoms with Gasteiger partial charge < -0.3 is 15.1 Å². The van der Waals surface area contributed by atoms with Crippen LogP contribution in [0.1, 0.15) is 69.3 Å². The van der Waals surface area contributed by atoms with Crippen molar-refractivity contribution in [1.29, 1.82) is 0 Å². The van der Waals surface area contributed by atoms with Crippen LogP contribution in [0.3, 0.4) is 0 Å². The minimum Gasteiger partial charge on any atom is -0.371 e. The standard InChI is InChI=1S/C35H46N8/c1-24-21-27(11-12-29(24)42-15-13-28(14-16-42)41-19-17-40(5)18-20-41)37-34-36-23-26-22-30(25-9-10-25)43(33(26)39-34)32-8-6-7-31(38-32)35(2,3)4/h6-8,11-12,21-23,25,28H,9-10,13-20H2,1-5H3,(H,36,37,39). The summed E-state index contributed by atoms with van der Waals surface area (Å²) < 4.78 is 2.26. The molecule has 0 amide bonds. The molecule has 0 spiro atoms. The van der Waals surface area contributed by atoms with Gasteiger partial charge in [-0.1, -0.05) is 26.8 Å². The molecule has 4 aromatic rings. The Bertz CT molecular complexity index is 1600. The van der Waals surface area contributed by atoms with Crippen LogP contribution >= 0.6 is 0 Å². The summed E-state index contributed by atoms with van der Waals surface area (Å²) in [5.41, 5.74) is 6.90. The number of benzene rings is 1. The van der Waals surface area contributed by atoms with Crippen molar-refractivity contribution in [3.63, 3.8) is 0 Å². The molecule has 8 heteroatoms. The highest BCUT2D eigenvalue weighted by Gasteiger charge is 2.30. The van der Waals surface area contributed by atoms with Gasteiger partial charge in [0, 0.05) is 85.1 Å². The van der Waals surface area contributed by atoms with Gasteiger partial charge in [0.15, 0.2) is 5.65 Å². The zero-order valence-corrected chi connectivity index (χ0v) is 26.5. The van der Waals surface area contributed by atoms with E-state index in [1.807, 2.05) is 6.20 Å². The smallest absolute Gasteiger partial charge is 0.229 e. The quantitative estimate of drug-likeness (QED) is 0.290. The number of hydrogen-bond acceptors (Lipinski definition) is 7. The van der Waals surface area contributed by atoms with Crippen LogP contribution in [0.15, 0.2) is 48.7 Å². The first-order valence-electron chi connectivity index (χ1n) is 16.1. The summed E-state index contributed by atoms with van der Waals surface area (Å²) in [7, 11) is 2.24. The minimum absolute atomic E-state index is 0.0229. The van der Waals surface area contributed by atoms with Gasteiger partial charge in [0.1, 0.15) is 5.82 Å². The van der Waals surface area contributed by atoms with Crippen molar-refractivity contribution in [2.75, 3.05) is 56.5 Å². The number of piperazine rings is 1. The number of aryl methyl sites for hydroxylation is 1. The maximum Gasteiger partial charge on any atom is 0.229 e. The van der Waals surface area contributed by atoms with E-state index < -0.39 is 0 Å². The van der Waals surface area contributed by atoms with Gasteiger partial charge in [-0.3, -0.25) is 9.47 Å². The molecule has 43 heavy (non-hydrogen) atoms. The fourth-order valence-electron chi connectivity index (χ4n) is 6.83. The fraction of sp³-hybridized carbons (Fsp3) is 0.514. The molecule has 2 saturated heterocycles. The Balaban J connectivity index is 1.10. The van der Waals surface area contributed by atoms with Crippen LogP contribution in [0.25, 0.3) is 16.9 Å². The Labute approximate surface area is 256 Å². The maximum atomic E-state index is 5.09. The normalized spacial score (nSPS) is 19.3. The summed E-state index contributed by atoms with van der Waals surface area (Å²) in [4.78, 5) is 22.6. The molecule has 3 fully saturated rings. The van der Waals surface area contributed by atoms with E-state index in [1.54, 1.807) is 0 Å². The Morgan fingerprint density at radius 2 is 1.63 bits per heavy atom. The zero-order chi connectivity index (χ0) is 29.7. The van der Waals surface area contributed by atoms with Gasteiger partial charge in [-0.15, -0.1) is 0 Å². The van der Waals surface area contributed by atoms with E-state index in [0.717, 1.165) is 47.4 Å². The summed E-state index contributed by atoms with van der Waals surface area (Å²) in [5.74, 6) is 2.11. The van der Waals surface area contributed by atoms with Gasteiger partial charge in [-0.25, -0.2) is 9.97 Å². The van der Waals surface area contributed by atoms with Gasteiger partial charge in [-0.05, 0) is 87.5 Å². The number of pyridine rings is 1. The highest BCUT2D eigenvalue weighted by Crippen LogP contribution is 2.43. The maximum absolute atomic E-state index is 5.09. The lowest BCUT2D eigenvalue weighted by molar-refractivity contribution is 0.0982. The van der Waals surface area contributed by atoms with E-state index in [-0.39, 0.29) is 5.41 Å². The monoisotopic (exact) mass is 578 g/mol. The first-order chi connectivity index (χ1) is 20.7. The molecule has 0 bridgehead atoms. The first kappa shape index (κ1) is 28.3. The molecule has 7 rings (SSSR count). The fourth-order valence-corrected chi connectivity index (χ4v) is 6.83. The summed E-state index contributed by atoms with van der Waals surface area (Å²) in [6.45, 7) is 15.9. The molecule has 226 valence electrons. The lowest BCUT2D eigenvalue weighted by Gasteiger charge is -2.43. The van der Waals surface area contributed by atoms with Crippen LogP contribution < -0.4 is 10.2 Å². The summed E-state index contributed by atoms with van der Waals surface area (Å²) in [6.07, 6.45) is 6.87. The van der Waals surface area contributed by atoms with Crippen molar-refractivity contribution in [3.8, 4) is 5.82 Å². The minimum atomic E-state index is -0.0229. The largest absolute Gasteiger partial charge is 0.371 e. The molecular formula is C35H46N8. The molecule has 0 atom stereocenters. The molecule has 8 nitrogen and oxygen atoms in total. The Morgan fingerprint density at radius 1 is 0.860 bits per heavy atom. The van der Waals surface area contributed by atoms with E-state index in [0.29, 0.717) is 11.9 Å². The molecule has 0 radical (unpaired) electrons. The molecule has 3 aromatic heterocycles. The van der Waals surface area contributed by atoms with Crippen LogP contribution in [-0.4, -0.2) is 81.7 Å². The third kappa shape index (κ3) is 5.87. The highest BCUT2D eigenvalue weighted by molar-refractivity contribution is 5.80. The first-order valence-corrected chi connectivity index (χ1v) is 16.1. The molecule has 0 unspecified atom stereocenters. The molecule has 1 aromatic carbocycles. The van der Waals surface area contributed by atoms with Gasteiger partial charge in [0.2, 0.25) is 5.95 Å². The van der Waals surface area contributed by atoms with Gasteiger partial charge in [0.05, 0.1) is 0 Å². The molecule has 1 N–H and O–H groups in total. The summed E-state index contributed by atoms with van der Waals surface area (Å²) in [5, 5.41) is 4.56. The predicted octanol–water partition coefficient (Wildman–Crippen LogP) is 6.26. The van der Waals surface area contributed by atoms with E-state index in [9.17, 15) is 0 Å². The number of aromatic nitrogens is 4. The number of hydrogen-bond donors (Lipinski definition) is 1. The molecule has 2 aliphatic heterocycles. The van der Waals surface area contributed by atoms with E-state index in [2.05, 4.69) is 102 Å². The number of anilines is 3. The van der Waals surface area contributed by atoms with Crippen molar-refractivity contribution in [3.05, 3.63) is 65.6 Å². The average molecular weight is 579 g/mol. The molecule has 3 aliphatic rings. The predicted molar refractivity (Wildman–Crippen MR) is 176 cm³/mol. The Kier molecular flexibility index (Phi) is 7.38. The SMILES string of the molecule is Cc1cc(Nc2ncc3cc(C4CC4)n(-c4cccc(C(C)(C)C)n4)c3n2)ccc1N1CCC(N2CCN(C)CC2)CC1. The van der Waals surface area contributed by atoms with E-state index in [4.69, 9.17) is 15.0 Å². The second-order valence-electron chi connectivity index (χ2n) is 14.0. The van der Waals surface area contributed by atoms with Crippen LogP contribution in [0, 0.1) is 6.92 Å². The summed E-state index contributed by atoms with van der Waals surface area (Å²) in [6, 6.07) is 16.0. The lowest BCUT2D eigenvalue weighted by atomic mass is 9.92. The second-order valence-corrected chi connectivity index (χ2v) is 14.0. The van der Waals surface area contributed by atoms with Crippen molar-refractivity contribution >= 4 is 28.4 Å². The number of nitrogens with one attached hydrogen (secondary N) is 1. The number of rotatable bonds is 6. The van der Waals surface area contributed by atoms with Gasteiger partial charge >= 0.3 is 0 Å². The van der Waals surface area contributed by atoms with Gasteiger partial charge in [-0.2, -0.15) is 4.98 Å². The Morgan fingerprint density at radius 3 is 2.33 bits per heavy atom. The third-order valence-electron chi connectivity index (χ3n) is 9.61. The zero-order valence-electron chi connectivity index (χ0n) is 26.5. The number of fused-ring (bicyclic) bond motifs is 1. The van der Waals surface area contributed by atoms with Crippen LogP contribution in [0.4, 0.5) is 17.3 Å². The number of nitrogens with zero attached hydrogens (tertiary/aromatic N) is 7. The molecule has 1 saturated carbocycles. The van der Waals surface area contributed by atoms with Crippen molar-refractivity contribution in [1.82, 2.24) is 29.3 Å². The molecule has 1 aliphatic carbocycles. The van der Waals surface area contributed by atoms with Crippen molar-refractivity contribution < 1.29 is 0 Å². The third-order valence-corrected chi connectivity index (χ3v) is 9.61. The molecule has 5 heterocycles. The van der Waals surface area contributed by atoms with Crippen molar-refractivity contribution in [2.45, 2.75) is 70.8 Å². The van der Waals surface area contributed by atoms with Crippen LogP contribution in [0.5, 0.6) is 0 Å². The Hall–Kier alpha value is -3.49. The average Bonchev–Trinajstić information content (AvgIpc) is 3.78. The topological polar surface area (TPSA) is 65.4 Å². The van der Waals surface area contributed by atoms with E-state index in [1.165, 1.54) is 68.8 Å². The van der Waals surface area contributed by atoms with Crippen LogP contribution in [-0.2, 0) is 5.41 Å².